The fourth-order valence-corrected chi connectivity index (χ4v) is 3.75. The van der Waals surface area contributed by atoms with Crippen molar-refractivity contribution in [2.24, 2.45) is 0 Å². The first-order chi connectivity index (χ1) is 12.8. The van der Waals surface area contributed by atoms with Gasteiger partial charge in [0.1, 0.15) is 0 Å². The van der Waals surface area contributed by atoms with Crippen molar-refractivity contribution < 1.29 is 0 Å². The van der Waals surface area contributed by atoms with Crippen LogP contribution in [0.3, 0.4) is 0 Å². The molecular formula is C21H26N4O. The maximum absolute atomic E-state index is 12.2. The Balaban J connectivity index is 1.28. The number of aromatic nitrogens is 2. The molecule has 0 N–H and O–H groups in total. The van der Waals surface area contributed by atoms with Crippen LogP contribution in [0, 0.1) is 0 Å². The molecule has 0 radical (unpaired) electrons. The van der Waals surface area contributed by atoms with E-state index in [1.807, 2.05) is 6.07 Å². The second kappa shape index (κ2) is 7.98. The SMILES string of the molecule is O=c1cc2c(nn1CN1CCN(C/C=C/c3ccccc3)CC1)CCC2. The molecule has 5 nitrogen and oxygen atoms in total. The molecule has 2 aromatic rings. The summed E-state index contributed by atoms with van der Waals surface area (Å²) in [5.74, 6) is 0. The highest BCUT2D eigenvalue weighted by Crippen LogP contribution is 2.17. The molecule has 1 fully saturated rings. The highest BCUT2D eigenvalue weighted by Gasteiger charge is 2.19. The highest BCUT2D eigenvalue weighted by atomic mass is 16.1. The molecule has 0 unspecified atom stereocenters. The molecule has 1 aliphatic carbocycles. The molecule has 1 aliphatic heterocycles. The lowest BCUT2D eigenvalue weighted by molar-refractivity contribution is 0.108. The Morgan fingerprint density at radius 2 is 1.77 bits per heavy atom. The summed E-state index contributed by atoms with van der Waals surface area (Å²) in [6, 6.07) is 12.2. The third-order valence-corrected chi connectivity index (χ3v) is 5.30. The Morgan fingerprint density at radius 3 is 2.58 bits per heavy atom. The second-order valence-electron chi connectivity index (χ2n) is 7.18. The zero-order chi connectivity index (χ0) is 17.8. The van der Waals surface area contributed by atoms with Crippen LogP contribution in [0.2, 0.25) is 0 Å². The summed E-state index contributed by atoms with van der Waals surface area (Å²) in [6.45, 7) is 5.59. The fourth-order valence-electron chi connectivity index (χ4n) is 3.75. The van der Waals surface area contributed by atoms with Crippen LogP contribution in [0.1, 0.15) is 23.2 Å². The molecular weight excluding hydrogens is 324 g/mol. The van der Waals surface area contributed by atoms with Gasteiger partial charge in [-0.05, 0) is 30.4 Å². The van der Waals surface area contributed by atoms with Crippen LogP contribution >= 0.6 is 0 Å². The normalized spacial score (nSPS) is 18.5. The van der Waals surface area contributed by atoms with Crippen molar-refractivity contribution in [1.82, 2.24) is 19.6 Å². The van der Waals surface area contributed by atoms with Crippen LogP contribution in [-0.4, -0.2) is 52.3 Å². The van der Waals surface area contributed by atoms with Gasteiger partial charge in [0.2, 0.25) is 0 Å². The number of hydrogen-bond acceptors (Lipinski definition) is 4. The van der Waals surface area contributed by atoms with Gasteiger partial charge in [0.05, 0.1) is 12.4 Å². The lowest BCUT2D eigenvalue weighted by Crippen LogP contribution is -2.48. The predicted molar refractivity (Wildman–Crippen MR) is 104 cm³/mol. The maximum atomic E-state index is 12.2. The maximum Gasteiger partial charge on any atom is 0.268 e. The lowest BCUT2D eigenvalue weighted by Gasteiger charge is -2.34. The molecule has 1 aromatic carbocycles. The fraction of sp³-hybridized carbons (Fsp3) is 0.429. The first-order valence-electron chi connectivity index (χ1n) is 9.54. The standard InChI is InChI=1S/C21H26N4O/c26-21-16-19-9-4-10-20(19)22-25(21)17-24-14-12-23(13-15-24)11-5-8-18-6-2-1-3-7-18/h1-3,5-8,16H,4,9-15,17H2/b8-5+. The zero-order valence-corrected chi connectivity index (χ0v) is 15.2. The number of hydrogen-bond donors (Lipinski definition) is 0. The Morgan fingerprint density at radius 1 is 1.00 bits per heavy atom. The number of nitrogens with zero attached hydrogens (tertiary/aromatic N) is 4. The van der Waals surface area contributed by atoms with Gasteiger partial charge in [-0.15, -0.1) is 0 Å². The topological polar surface area (TPSA) is 41.4 Å². The van der Waals surface area contributed by atoms with E-state index in [9.17, 15) is 4.79 Å². The van der Waals surface area contributed by atoms with Gasteiger partial charge in [0.25, 0.3) is 5.56 Å². The molecule has 1 aromatic heterocycles. The predicted octanol–water partition coefficient (Wildman–Crippen LogP) is 2.02. The summed E-state index contributed by atoms with van der Waals surface area (Å²) >= 11 is 0. The molecule has 0 spiro atoms. The molecule has 0 atom stereocenters. The lowest BCUT2D eigenvalue weighted by atomic mass is 10.2. The van der Waals surface area contributed by atoms with Crippen LogP contribution in [0.25, 0.3) is 6.08 Å². The average Bonchev–Trinajstić information content (AvgIpc) is 3.11. The third-order valence-electron chi connectivity index (χ3n) is 5.30. The largest absolute Gasteiger partial charge is 0.297 e. The first-order valence-corrected chi connectivity index (χ1v) is 9.54. The van der Waals surface area contributed by atoms with E-state index in [0.29, 0.717) is 6.67 Å². The third kappa shape index (κ3) is 4.11. The Labute approximate surface area is 154 Å². The Bertz CT molecular complexity index is 820. The first kappa shape index (κ1) is 17.2. The molecule has 0 amide bonds. The van der Waals surface area contributed by atoms with E-state index in [4.69, 9.17) is 0 Å². The highest BCUT2D eigenvalue weighted by molar-refractivity contribution is 5.48. The van der Waals surface area contributed by atoms with E-state index < -0.39 is 0 Å². The number of rotatable bonds is 5. The van der Waals surface area contributed by atoms with Gasteiger partial charge in [-0.25, -0.2) is 4.68 Å². The van der Waals surface area contributed by atoms with Crippen LogP contribution in [0.4, 0.5) is 0 Å². The van der Waals surface area contributed by atoms with Gasteiger partial charge >= 0.3 is 0 Å². The molecule has 2 aliphatic rings. The van der Waals surface area contributed by atoms with Gasteiger partial charge < -0.3 is 0 Å². The monoisotopic (exact) mass is 350 g/mol. The molecule has 0 bridgehead atoms. The molecule has 136 valence electrons. The minimum atomic E-state index is 0.0406. The quantitative estimate of drug-likeness (QED) is 0.827. The van der Waals surface area contributed by atoms with Gasteiger partial charge in [0, 0.05) is 38.8 Å². The second-order valence-corrected chi connectivity index (χ2v) is 7.18. The number of piperazine rings is 1. The number of benzene rings is 1. The van der Waals surface area contributed by atoms with Crippen LogP contribution in [-0.2, 0) is 19.5 Å². The van der Waals surface area contributed by atoms with E-state index in [-0.39, 0.29) is 5.56 Å². The van der Waals surface area contributed by atoms with Gasteiger partial charge in [-0.3, -0.25) is 14.6 Å². The van der Waals surface area contributed by atoms with E-state index in [0.717, 1.165) is 63.2 Å². The van der Waals surface area contributed by atoms with Gasteiger partial charge in [0.15, 0.2) is 0 Å². The van der Waals surface area contributed by atoms with Crippen molar-refractivity contribution in [2.75, 3.05) is 32.7 Å². The number of aryl methyl sites for hydroxylation is 2. The van der Waals surface area contributed by atoms with E-state index in [1.54, 1.807) is 10.7 Å². The molecule has 26 heavy (non-hydrogen) atoms. The smallest absolute Gasteiger partial charge is 0.268 e. The van der Waals surface area contributed by atoms with Crippen LogP contribution in [0.15, 0.2) is 47.3 Å². The Hall–Kier alpha value is -2.24. The van der Waals surface area contributed by atoms with E-state index in [1.165, 1.54) is 5.56 Å². The summed E-state index contributed by atoms with van der Waals surface area (Å²) in [7, 11) is 0. The van der Waals surface area contributed by atoms with E-state index in [2.05, 4.69) is 51.3 Å². The summed E-state index contributed by atoms with van der Waals surface area (Å²) in [4.78, 5) is 17.0. The van der Waals surface area contributed by atoms with Gasteiger partial charge in [-0.1, -0.05) is 42.5 Å². The van der Waals surface area contributed by atoms with E-state index >= 15 is 0 Å². The van der Waals surface area contributed by atoms with Crippen molar-refractivity contribution >= 4 is 6.08 Å². The average molecular weight is 350 g/mol. The summed E-state index contributed by atoms with van der Waals surface area (Å²) in [5.41, 5.74) is 3.56. The summed E-state index contributed by atoms with van der Waals surface area (Å²) < 4.78 is 1.65. The van der Waals surface area contributed by atoms with Crippen LogP contribution < -0.4 is 5.56 Å². The molecule has 0 saturated carbocycles. The number of fused-ring (bicyclic) bond motifs is 1. The zero-order valence-electron chi connectivity index (χ0n) is 15.2. The molecule has 5 heteroatoms. The van der Waals surface area contributed by atoms with Crippen molar-refractivity contribution in [3.8, 4) is 0 Å². The minimum Gasteiger partial charge on any atom is -0.297 e. The summed E-state index contributed by atoms with van der Waals surface area (Å²) in [5, 5.41) is 4.59. The van der Waals surface area contributed by atoms with Crippen molar-refractivity contribution in [2.45, 2.75) is 25.9 Å². The molecule has 1 saturated heterocycles. The molecule has 4 rings (SSSR count). The van der Waals surface area contributed by atoms with Crippen molar-refractivity contribution in [1.29, 1.82) is 0 Å². The van der Waals surface area contributed by atoms with Crippen LogP contribution in [0.5, 0.6) is 0 Å². The minimum absolute atomic E-state index is 0.0406. The van der Waals surface area contributed by atoms with Crippen molar-refractivity contribution in [3.05, 3.63) is 69.6 Å². The Kier molecular flexibility index (Phi) is 5.27. The summed E-state index contributed by atoms with van der Waals surface area (Å²) in [6.07, 6.45) is 7.56. The van der Waals surface area contributed by atoms with Gasteiger partial charge in [-0.2, -0.15) is 5.10 Å². The molecule has 2 heterocycles. The van der Waals surface area contributed by atoms with Crippen molar-refractivity contribution in [3.63, 3.8) is 0 Å².